The molecule has 2 fully saturated rings. The summed E-state index contributed by atoms with van der Waals surface area (Å²) in [5.41, 5.74) is 0. The Balaban J connectivity index is 2.07. The molecule has 2 rings (SSSR count). The Hall–Kier alpha value is -0.400. The number of hydrogen-bond acceptors (Lipinski definition) is 10. The van der Waals surface area contributed by atoms with Crippen LogP contribution in [0.3, 0.4) is 0 Å². The van der Waals surface area contributed by atoms with Crippen molar-refractivity contribution < 1.29 is 50.0 Å². The molecule has 0 radical (unpaired) electrons. The van der Waals surface area contributed by atoms with Gasteiger partial charge in [-0.25, -0.2) is 0 Å². The van der Waals surface area contributed by atoms with Gasteiger partial charge in [0.2, 0.25) is 0 Å². The lowest BCUT2D eigenvalue weighted by Crippen LogP contribution is -2.60. The largest absolute Gasteiger partial charge is 0.394 e. The quantitative estimate of drug-likeness (QED) is 0.260. The zero-order valence-corrected chi connectivity index (χ0v) is 11.7. The fourth-order valence-electron chi connectivity index (χ4n) is 2.56. The highest BCUT2D eigenvalue weighted by Crippen LogP contribution is 2.28. The highest BCUT2D eigenvalue weighted by molar-refractivity contribution is 4.93. The predicted molar refractivity (Wildman–Crippen MR) is 67.5 cm³/mol. The van der Waals surface area contributed by atoms with Crippen LogP contribution < -0.4 is 0 Å². The second kappa shape index (κ2) is 7.45. The standard InChI is InChI=1S/C12H22O10/c13-1-4(15)10-11(5(16)3-20-10)22-12-9(19)8(18)7(17)6(2-14)21-12/h4-19H,1-3H2/t4-,5+,6?,7?,8?,9?,10?,11?,12?/m1/s1. The minimum atomic E-state index is -1.63. The molecule has 2 aliphatic rings. The van der Waals surface area contributed by atoms with Crippen LogP contribution in [-0.4, -0.2) is 111 Å². The number of aliphatic hydroxyl groups is 7. The van der Waals surface area contributed by atoms with E-state index in [-0.39, 0.29) is 6.61 Å². The van der Waals surface area contributed by atoms with Crippen LogP contribution in [0.2, 0.25) is 0 Å². The zero-order valence-electron chi connectivity index (χ0n) is 11.7. The fourth-order valence-corrected chi connectivity index (χ4v) is 2.56. The Morgan fingerprint density at radius 2 is 1.73 bits per heavy atom. The Morgan fingerprint density at radius 1 is 1.05 bits per heavy atom. The van der Waals surface area contributed by atoms with Crippen molar-refractivity contribution in [1.29, 1.82) is 0 Å². The number of hydrogen-bond donors (Lipinski definition) is 7. The summed E-state index contributed by atoms with van der Waals surface area (Å²) in [5.74, 6) is 0. The van der Waals surface area contributed by atoms with Gasteiger partial charge in [0.1, 0.15) is 48.8 Å². The first-order chi connectivity index (χ1) is 10.4. The Labute approximate surface area is 126 Å². The molecular weight excluding hydrogens is 304 g/mol. The van der Waals surface area contributed by atoms with Gasteiger partial charge in [-0.3, -0.25) is 0 Å². The summed E-state index contributed by atoms with van der Waals surface area (Å²) in [4.78, 5) is 0. The summed E-state index contributed by atoms with van der Waals surface area (Å²) in [6.07, 6.45) is -12.0. The Kier molecular flexibility index (Phi) is 6.07. The number of aliphatic hydroxyl groups excluding tert-OH is 7. The van der Waals surface area contributed by atoms with Gasteiger partial charge in [-0.05, 0) is 0 Å². The van der Waals surface area contributed by atoms with Crippen LogP contribution in [0.5, 0.6) is 0 Å². The third-order valence-electron chi connectivity index (χ3n) is 3.87. The van der Waals surface area contributed by atoms with Crippen molar-refractivity contribution in [2.45, 2.75) is 55.1 Å². The molecule has 2 heterocycles. The van der Waals surface area contributed by atoms with Gasteiger partial charge in [-0.15, -0.1) is 0 Å². The van der Waals surface area contributed by atoms with Crippen molar-refractivity contribution in [3.8, 4) is 0 Å². The molecule has 10 heteroatoms. The summed E-state index contributed by atoms with van der Waals surface area (Å²) in [6.45, 7) is -1.38. The van der Waals surface area contributed by atoms with Gasteiger partial charge in [0.05, 0.1) is 19.8 Å². The van der Waals surface area contributed by atoms with Crippen molar-refractivity contribution >= 4 is 0 Å². The van der Waals surface area contributed by atoms with Crippen molar-refractivity contribution in [3.63, 3.8) is 0 Å². The van der Waals surface area contributed by atoms with E-state index >= 15 is 0 Å². The molecule has 9 atom stereocenters. The van der Waals surface area contributed by atoms with Gasteiger partial charge in [0.15, 0.2) is 6.29 Å². The van der Waals surface area contributed by atoms with E-state index in [2.05, 4.69) is 0 Å². The Bertz CT molecular complexity index is 353. The highest BCUT2D eigenvalue weighted by Gasteiger charge is 2.48. The summed E-state index contributed by atoms with van der Waals surface area (Å²) in [6, 6.07) is 0. The van der Waals surface area contributed by atoms with E-state index in [0.29, 0.717) is 0 Å². The second-order valence-electron chi connectivity index (χ2n) is 5.41. The maximum absolute atomic E-state index is 9.87. The van der Waals surface area contributed by atoms with Crippen molar-refractivity contribution in [2.75, 3.05) is 19.8 Å². The molecule has 0 aromatic rings. The predicted octanol–water partition coefficient (Wildman–Crippen LogP) is -4.72. The average molecular weight is 326 g/mol. The molecular formula is C12H22O10. The van der Waals surface area contributed by atoms with Gasteiger partial charge in [0, 0.05) is 0 Å². The third kappa shape index (κ3) is 3.41. The monoisotopic (exact) mass is 326 g/mol. The van der Waals surface area contributed by atoms with Crippen LogP contribution in [0, 0.1) is 0 Å². The minimum absolute atomic E-state index is 0.149. The van der Waals surface area contributed by atoms with Gasteiger partial charge in [-0.1, -0.05) is 0 Å². The molecule has 130 valence electrons. The molecule has 7 N–H and O–H groups in total. The lowest BCUT2D eigenvalue weighted by Gasteiger charge is -2.41. The van der Waals surface area contributed by atoms with Crippen LogP contribution >= 0.6 is 0 Å². The van der Waals surface area contributed by atoms with Crippen LogP contribution in [-0.2, 0) is 14.2 Å². The van der Waals surface area contributed by atoms with Crippen molar-refractivity contribution in [1.82, 2.24) is 0 Å². The Morgan fingerprint density at radius 3 is 2.32 bits per heavy atom. The van der Waals surface area contributed by atoms with Crippen LogP contribution in [0.25, 0.3) is 0 Å². The van der Waals surface area contributed by atoms with Gasteiger partial charge < -0.3 is 50.0 Å². The molecule has 22 heavy (non-hydrogen) atoms. The molecule has 0 amide bonds. The summed E-state index contributed by atoms with van der Waals surface area (Å²) >= 11 is 0. The molecule has 0 saturated carbocycles. The molecule has 0 bridgehead atoms. The van der Waals surface area contributed by atoms with E-state index in [1.165, 1.54) is 0 Å². The summed E-state index contributed by atoms with van der Waals surface area (Å²) in [7, 11) is 0. The molecule has 0 aromatic carbocycles. The maximum Gasteiger partial charge on any atom is 0.187 e. The SMILES string of the molecule is OCC1OC(OC2C([C@H](O)CO)OC[C@@H]2O)C(O)C(O)C1O. The molecule has 10 nitrogen and oxygen atoms in total. The van der Waals surface area contributed by atoms with Crippen molar-refractivity contribution in [2.24, 2.45) is 0 Å². The molecule has 2 saturated heterocycles. The van der Waals surface area contributed by atoms with Gasteiger partial charge in [-0.2, -0.15) is 0 Å². The van der Waals surface area contributed by atoms with Crippen molar-refractivity contribution in [3.05, 3.63) is 0 Å². The minimum Gasteiger partial charge on any atom is -0.394 e. The summed E-state index contributed by atoms with van der Waals surface area (Å²) in [5, 5.41) is 66.7. The van der Waals surface area contributed by atoms with Crippen LogP contribution in [0.4, 0.5) is 0 Å². The van der Waals surface area contributed by atoms with E-state index < -0.39 is 68.3 Å². The topological polar surface area (TPSA) is 169 Å². The number of ether oxygens (including phenoxy) is 3. The van der Waals surface area contributed by atoms with Crippen LogP contribution in [0.15, 0.2) is 0 Å². The van der Waals surface area contributed by atoms with Gasteiger partial charge >= 0.3 is 0 Å². The molecule has 0 aliphatic carbocycles. The average Bonchev–Trinajstić information content (AvgIpc) is 2.88. The first-order valence-corrected chi connectivity index (χ1v) is 6.95. The van der Waals surface area contributed by atoms with E-state index in [1.54, 1.807) is 0 Å². The van der Waals surface area contributed by atoms with E-state index in [1.807, 2.05) is 0 Å². The smallest absolute Gasteiger partial charge is 0.187 e. The third-order valence-corrected chi connectivity index (χ3v) is 3.87. The highest BCUT2D eigenvalue weighted by atomic mass is 16.7. The maximum atomic E-state index is 9.87. The molecule has 2 aliphatic heterocycles. The molecule has 0 spiro atoms. The zero-order chi connectivity index (χ0) is 16.4. The molecule has 7 unspecified atom stereocenters. The second-order valence-corrected chi connectivity index (χ2v) is 5.41. The van der Waals surface area contributed by atoms with E-state index in [9.17, 15) is 25.5 Å². The number of rotatable bonds is 5. The first kappa shape index (κ1) is 17.9. The van der Waals surface area contributed by atoms with E-state index in [4.69, 9.17) is 24.4 Å². The van der Waals surface area contributed by atoms with E-state index in [0.717, 1.165) is 0 Å². The summed E-state index contributed by atoms with van der Waals surface area (Å²) < 4.78 is 15.6. The van der Waals surface area contributed by atoms with Gasteiger partial charge in [0.25, 0.3) is 0 Å². The normalized spacial score (nSPS) is 47.6. The lowest BCUT2D eigenvalue weighted by molar-refractivity contribution is -0.319. The fraction of sp³-hybridized carbons (Fsp3) is 1.00. The van der Waals surface area contributed by atoms with Crippen LogP contribution in [0.1, 0.15) is 0 Å². The molecule has 0 aromatic heterocycles. The lowest BCUT2D eigenvalue weighted by atomic mass is 9.99. The first-order valence-electron chi connectivity index (χ1n) is 6.95.